The van der Waals surface area contributed by atoms with E-state index >= 15 is 0 Å². The Hall–Kier alpha value is -0.710. The molecule has 0 spiro atoms. The summed E-state index contributed by atoms with van der Waals surface area (Å²) in [5.41, 5.74) is 7.35. The van der Waals surface area contributed by atoms with Crippen molar-refractivity contribution >= 4 is 30.1 Å². The Morgan fingerprint density at radius 2 is 2.15 bits per heavy atom. The van der Waals surface area contributed by atoms with Gasteiger partial charge in [-0.15, -0.1) is 24.2 Å². The Bertz CT molecular complexity index is 491. The monoisotopic (exact) mass is 314 g/mol. The Balaban J connectivity index is 0.00000200. The number of nitrogens with two attached hydrogens (primary N) is 1. The normalized spacial score (nSPS) is 17.0. The molecule has 1 aromatic carbocycles. The van der Waals surface area contributed by atoms with Gasteiger partial charge in [-0.25, -0.2) is 0 Å². The molecule has 20 heavy (non-hydrogen) atoms. The molecule has 1 aromatic rings. The summed E-state index contributed by atoms with van der Waals surface area (Å²) >= 11 is 1.65. The maximum atomic E-state index is 12.5. The van der Waals surface area contributed by atoms with Crippen LogP contribution in [0.5, 0.6) is 0 Å². The quantitative estimate of drug-likeness (QED) is 0.821. The van der Waals surface area contributed by atoms with Crippen LogP contribution in [-0.4, -0.2) is 24.2 Å². The minimum absolute atomic E-state index is 0. The second kappa shape index (κ2) is 6.83. The van der Waals surface area contributed by atoms with Gasteiger partial charge < -0.3 is 11.1 Å². The molecule has 1 atom stereocenters. The van der Waals surface area contributed by atoms with Crippen molar-refractivity contribution in [2.24, 2.45) is 11.7 Å². The van der Waals surface area contributed by atoms with Crippen molar-refractivity contribution in [2.45, 2.75) is 37.1 Å². The number of rotatable bonds is 5. The lowest BCUT2D eigenvalue weighted by molar-refractivity contribution is 0.0897. The van der Waals surface area contributed by atoms with Crippen LogP contribution in [0.25, 0.3) is 0 Å². The standard InChI is InChI=1S/C15H22N2OS.ClH/c1-10-4-7-12(19-3)8-13(10)14(18)17-15(2,9-16)11-5-6-11;/h4,7-8,11H,5-6,9,16H2,1-3H3,(H,17,18);1H. The van der Waals surface area contributed by atoms with Crippen LogP contribution in [0.15, 0.2) is 23.1 Å². The molecule has 1 aliphatic carbocycles. The molecule has 1 unspecified atom stereocenters. The smallest absolute Gasteiger partial charge is 0.252 e. The fraction of sp³-hybridized carbons (Fsp3) is 0.533. The van der Waals surface area contributed by atoms with E-state index in [1.807, 2.05) is 31.4 Å². The number of carbonyl (C=O) groups excluding carboxylic acids is 1. The van der Waals surface area contributed by atoms with E-state index in [4.69, 9.17) is 5.73 Å². The molecule has 2 rings (SSSR count). The van der Waals surface area contributed by atoms with E-state index in [-0.39, 0.29) is 23.9 Å². The Morgan fingerprint density at radius 1 is 1.50 bits per heavy atom. The minimum Gasteiger partial charge on any atom is -0.345 e. The molecule has 1 saturated carbocycles. The highest BCUT2D eigenvalue weighted by Crippen LogP contribution is 2.39. The number of amides is 1. The molecule has 1 aliphatic rings. The summed E-state index contributed by atoms with van der Waals surface area (Å²) in [6, 6.07) is 6.00. The van der Waals surface area contributed by atoms with E-state index in [1.165, 1.54) is 0 Å². The first kappa shape index (κ1) is 17.3. The van der Waals surface area contributed by atoms with Crippen LogP contribution in [0.4, 0.5) is 0 Å². The minimum atomic E-state index is -0.265. The van der Waals surface area contributed by atoms with Gasteiger partial charge in [0.15, 0.2) is 0 Å². The number of hydrogen-bond acceptors (Lipinski definition) is 3. The summed E-state index contributed by atoms with van der Waals surface area (Å²) in [6.45, 7) is 4.51. The molecule has 1 fully saturated rings. The SMILES string of the molecule is CSc1ccc(C)c(C(=O)NC(C)(CN)C2CC2)c1.Cl. The van der Waals surface area contributed by atoms with Gasteiger partial charge in [-0.2, -0.15) is 0 Å². The van der Waals surface area contributed by atoms with Crippen molar-refractivity contribution in [1.82, 2.24) is 5.32 Å². The van der Waals surface area contributed by atoms with Gasteiger partial charge in [0.25, 0.3) is 5.91 Å². The summed E-state index contributed by atoms with van der Waals surface area (Å²) in [7, 11) is 0. The Kier molecular flexibility index (Phi) is 5.92. The summed E-state index contributed by atoms with van der Waals surface area (Å²) in [6.07, 6.45) is 4.34. The van der Waals surface area contributed by atoms with E-state index < -0.39 is 0 Å². The van der Waals surface area contributed by atoms with E-state index in [0.717, 1.165) is 28.9 Å². The van der Waals surface area contributed by atoms with Crippen molar-refractivity contribution in [2.75, 3.05) is 12.8 Å². The first-order valence-corrected chi connectivity index (χ1v) is 7.90. The number of halogens is 1. The molecule has 1 amide bonds. The highest BCUT2D eigenvalue weighted by Gasteiger charge is 2.41. The lowest BCUT2D eigenvalue weighted by Crippen LogP contribution is -2.53. The molecule has 0 radical (unpaired) electrons. The Labute approximate surface area is 131 Å². The van der Waals surface area contributed by atoms with Crippen LogP contribution in [-0.2, 0) is 0 Å². The molecule has 0 saturated heterocycles. The lowest BCUT2D eigenvalue weighted by Gasteiger charge is -2.29. The summed E-state index contributed by atoms with van der Waals surface area (Å²) < 4.78 is 0. The molecular formula is C15H23ClN2OS. The zero-order chi connectivity index (χ0) is 14.0. The van der Waals surface area contributed by atoms with Crippen LogP contribution < -0.4 is 11.1 Å². The molecule has 3 nitrogen and oxygen atoms in total. The van der Waals surface area contributed by atoms with Crippen molar-refractivity contribution < 1.29 is 4.79 Å². The third-order valence-electron chi connectivity index (χ3n) is 3.99. The Morgan fingerprint density at radius 3 is 2.65 bits per heavy atom. The zero-order valence-electron chi connectivity index (χ0n) is 12.2. The van der Waals surface area contributed by atoms with Gasteiger partial charge in [-0.05, 0) is 56.6 Å². The first-order chi connectivity index (χ1) is 9.00. The number of benzene rings is 1. The van der Waals surface area contributed by atoms with E-state index in [2.05, 4.69) is 12.2 Å². The maximum Gasteiger partial charge on any atom is 0.252 e. The molecule has 112 valence electrons. The summed E-state index contributed by atoms with van der Waals surface area (Å²) in [5, 5.41) is 3.14. The van der Waals surface area contributed by atoms with Crippen molar-refractivity contribution in [1.29, 1.82) is 0 Å². The van der Waals surface area contributed by atoms with Crippen LogP contribution >= 0.6 is 24.2 Å². The maximum absolute atomic E-state index is 12.5. The third-order valence-corrected chi connectivity index (χ3v) is 4.72. The highest BCUT2D eigenvalue weighted by atomic mass is 35.5. The highest BCUT2D eigenvalue weighted by molar-refractivity contribution is 7.98. The summed E-state index contributed by atoms with van der Waals surface area (Å²) in [4.78, 5) is 13.6. The van der Waals surface area contributed by atoms with Gasteiger partial charge in [-0.1, -0.05) is 6.07 Å². The van der Waals surface area contributed by atoms with Crippen molar-refractivity contribution in [3.8, 4) is 0 Å². The van der Waals surface area contributed by atoms with Gasteiger partial charge in [0.1, 0.15) is 0 Å². The van der Waals surface area contributed by atoms with Gasteiger partial charge in [0, 0.05) is 17.0 Å². The molecule has 0 heterocycles. The number of aryl methyl sites for hydroxylation is 1. The number of carbonyl (C=O) groups is 1. The van der Waals surface area contributed by atoms with Gasteiger partial charge in [0.2, 0.25) is 0 Å². The predicted molar refractivity (Wildman–Crippen MR) is 87.9 cm³/mol. The lowest BCUT2D eigenvalue weighted by atomic mass is 9.95. The van der Waals surface area contributed by atoms with Crippen molar-refractivity contribution in [3.05, 3.63) is 29.3 Å². The second-order valence-corrected chi connectivity index (χ2v) is 6.41. The van der Waals surface area contributed by atoms with E-state index in [0.29, 0.717) is 12.5 Å². The molecular weight excluding hydrogens is 292 g/mol. The second-order valence-electron chi connectivity index (χ2n) is 5.53. The third kappa shape index (κ3) is 3.68. The first-order valence-electron chi connectivity index (χ1n) is 6.67. The van der Waals surface area contributed by atoms with Crippen LogP contribution in [0.1, 0.15) is 35.7 Å². The fourth-order valence-corrected chi connectivity index (χ4v) is 2.78. The number of nitrogens with one attached hydrogen (secondary N) is 1. The topological polar surface area (TPSA) is 55.1 Å². The average molecular weight is 315 g/mol. The molecule has 5 heteroatoms. The predicted octanol–water partition coefficient (Wildman–Crippen LogP) is 3.00. The van der Waals surface area contributed by atoms with Gasteiger partial charge >= 0.3 is 0 Å². The largest absolute Gasteiger partial charge is 0.345 e. The fourth-order valence-electron chi connectivity index (χ4n) is 2.34. The summed E-state index contributed by atoms with van der Waals surface area (Å²) in [5.74, 6) is 0.527. The van der Waals surface area contributed by atoms with Gasteiger partial charge in [0.05, 0.1) is 5.54 Å². The molecule has 0 aromatic heterocycles. The molecule has 0 aliphatic heterocycles. The number of thioether (sulfide) groups is 1. The van der Waals surface area contributed by atoms with Crippen LogP contribution in [0, 0.1) is 12.8 Å². The van der Waals surface area contributed by atoms with Gasteiger partial charge in [-0.3, -0.25) is 4.79 Å². The zero-order valence-corrected chi connectivity index (χ0v) is 13.9. The van der Waals surface area contributed by atoms with Crippen molar-refractivity contribution in [3.63, 3.8) is 0 Å². The molecule has 0 bridgehead atoms. The number of hydrogen-bond donors (Lipinski definition) is 2. The molecule has 3 N–H and O–H groups in total. The van der Waals surface area contributed by atoms with Crippen LogP contribution in [0.3, 0.4) is 0 Å². The average Bonchev–Trinajstić information content (AvgIpc) is 3.23. The van der Waals surface area contributed by atoms with E-state index in [9.17, 15) is 4.79 Å². The van der Waals surface area contributed by atoms with Crippen LogP contribution in [0.2, 0.25) is 0 Å². The van der Waals surface area contributed by atoms with E-state index in [1.54, 1.807) is 11.8 Å².